The number of amides is 1. The summed E-state index contributed by atoms with van der Waals surface area (Å²) in [4.78, 5) is 12.0. The van der Waals surface area contributed by atoms with E-state index in [1.807, 2.05) is 0 Å². The average Bonchev–Trinajstić information content (AvgIpc) is 2.40. The first-order valence-corrected chi connectivity index (χ1v) is 6.53. The molecule has 0 spiro atoms. The van der Waals surface area contributed by atoms with Crippen LogP contribution in [0.5, 0.6) is 0 Å². The highest BCUT2D eigenvalue weighted by Gasteiger charge is 2.25. The fourth-order valence-electron chi connectivity index (χ4n) is 2.24. The van der Waals surface area contributed by atoms with Crippen LogP contribution in [0.15, 0.2) is 24.3 Å². The summed E-state index contributed by atoms with van der Waals surface area (Å²) < 4.78 is 0. The highest BCUT2D eigenvalue weighted by molar-refractivity contribution is 6.67. The van der Waals surface area contributed by atoms with Crippen LogP contribution in [-0.2, 0) is 0 Å². The van der Waals surface area contributed by atoms with Crippen molar-refractivity contribution in [3.63, 3.8) is 0 Å². The second-order valence-electron chi connectivity index (χ2n) is 4.66. The van der Waals surface area contributed by atoms with Crippen LogP contribution in [0.2, 0.25) is 17.7 Å². The Morgan fingerprint density at radius 3 is 2.50 bits per heavy atom. The molecule has 0 atom stereocenters. The minimum absolute atomic E-state index is 0.0629. The first kappa shape index (κ1) is 13.0. The summed E-state index contributed by atoms with van der Waals surface area (Å²) in [6.45, 7) is 0.161. The van der Waals surface area contributed by atoms with Gasteiger partial charge in [-0.2, -0.15) is 0 Å². The maximum atomic E-state index is 12.0. The van der Waals surface area contributed by atoms with Crippen LogP contribution in [0.3, 0.4) is 0 Å². The van der Waals surface area contributed by atoms with Gasteiger partial charge in [-0.3, -0.25) is 4.79 Å². The molecule has 0 radical (unpaired) electrons. The van der Waals surface area contributed by atoms with E-state index in [-0.39, 0.29) is 18.7 Å². The predicted octanol–water partition coefficient (Wildman–Crippen LogP) is 2.79. The lowest BCUT2D eigenvalue weighted by molar-refractivity contribution is 0.0934. The van der Waals surface area contributed by atoms with Gasteiger partial charge >= 0.3 is 0 Å². The molecule has 0 aromatic heterocycles. The monoisotopic (exact) mass is 260 g/mol. The number of nitrogens with zero attached hydrogens (tertiary/aromatic N) is 1. The van der Waals surface area contributed by atoms with E-state index in [2.05, 4.69) is 11.3 Å². The summed E-state index contributed by atoms with van der Waals surface area (Å²) in [7, 11) is 0. The van der Waals surface area contributed by atoms with Crippen molar-refractivity contribution < 1.29 is 4.79 Å². The normalized spacial score (nSPS) is 16.1. The van der Waals surface area contributed by atoms with Crippen molar-refractivity contribution in [2.75, 3.05) is 0 Å². The number of hydrogen-bond donors (Lipinski definition) is 1. The first-order chi connectivity index (χ1) is 8.69. The Morgan fingerprint density at radius 2 is 1.94 bits per heavy atom. The third-order valence-corrected chi connectivity index (χ3v) is 3.60. The number of rotatable bonds is 2. The molecule has 2 rings (SSSR count). The van der Waals surface area contributed by atoms with E-state index in [0.717, 1.165) is 25.5 Å². The lowest BCUT2D eigenvalue weighted by Gasteiger charge is -2.24. The molecule has 18 heavy (non-hydrogen) atoms. The molecule has 92 valence electrons. The van der Waals surface area contributed by atoms with Crippen LogP contribution in [0, 0.1) is 11.2 Å². The Balaban J connectivity index is 1.89. The second-order valence-corrected chi connectivity index (χ2v) is 5.09. The molecule has 0 aliphatic carbocycles. The van der Waals surface area contributed by atoms with Crippen LogP contribution >= 0.6 is 11.6 Å². The van der Waals surface area contributed by atoms with Crippen LogP contribution < -0.4 is 5.32 Å². The van der Waals surface area contributed by atoms with E-state index in [0.29, 0.717) is 10.6 Å². The zero-order valence-corrected chi connectivity index (χ0v) is 10.8. The Morgan fingerprint density at radius 1 is 1.33 bits per heavy atom. The van der Waals surface area contributed by atoms with Crippen molar-refractivity contribution in [1.82, 2.24) is 5.32 Å². The van der Waals surface area contributed by atoms with Gasteiger partial charge < -0.3 is 5.32 Å². The van der Waals surface area contributed by atoms with Gasteiger partial charge in [-0.25, -0.2) is 5.26 Å². The first-order valence-electron chi connectivity index (χ1n) is 6.15. The maximum absolute atomic E-state index is 12.0. The van der Waals surface area contributed by atoms with Gasteiger partial charge in [0.2, 0.25) is 0 Å². The Labute approximate surface area is 112 Å². The number of halogens is 1. The molecule has 1 aliphatic rings. The van der Waals surface area contributed by atoms with Gasteiger partial charge in [-0.15, -0.1) is 0 Å². The molecular weight excluding hydrogens is 246 g/mol. The molecule has 0 unspecified atom stereocenters. The van der Waals surface area contributed by atoms with E-state index >= 15 is 0 Å². The molecular formula is C13H14BClN2O. The average molecular weight is 261 g/mol. The number of benzene rings is 1. The van der Waals surface area contributed by atoms with Gasteiger partial charge in [0.05, 0.1) is 0 Å². The Bertz CT molecular complexity index is 461. The predicted molar refractivity (Wildman–Crippen MR) is 72.9 cm³/mol. The van der Waals surface area contributed by atoms with Gasteiger partial charge in [-0.1, -0.05) is 24.2 Å². The van der Waals surface area contributed by atoms with Crippen LogP contribution in [0.25, 0.3) is 0 Å². The molecule has 1 N–H and O–H groups in total. The fourth-order valence-corrected chi connectivity index (χ4v) is 2.36. The molecule has 1 heterocycles. The highest BCUT2D eigenvalue weighted by Crippen LogP contribution is 2.19. The van der Waals surface area contributed by atoms with Crippen molar-refractivity contribution in [3.8, 4) is 5.97 Å². The molecule has 1 fully saturated rings. The number of hydrogen-bond acceptors (Lipinski definition) is 2. The van der Waals surface area contributed by atoms with Crippen LogP contribution in [0.4, 0.5) is 0 Å². The molecule has 0 saturated carbocycles. The minimum atomic E-state index is -0.0629. The Kier molecular flexibility index (Phi) is 4.27. The molecule has 0 bridgehead atoms. The summed E-state index contributed by atoms with van der Waals surface area (Å²) in [6, 6.07) is 7.06. The van der Waals surface area contributed by atoms with E-state index < -0.39 is 0 Å². The minimum Gasteiger partial charge on any atom is -0.349 e. The number of carbonyl (C=O) groups excluding carboxylic acids is 1. The van der Waals surface area contributed by atoms with Crippen molar-refractivity contribution in [1.29, 1.82) is 5.26 Å². The highest BCUT2D eigenvalue weighted by atomic mass is 35.5. The maximum Gasteiger partial charge on any atom is 0.268 e. The largest absolute Gasteiger partial charge is 0.349 e. The van der Waals surface area contributed by atoms with E-state index in [9.17, 15) is 4.79 Å². The molecule has 5 heteroatoms. The van der Waals surface area contributed by atoms with Crippen molar-refractivity contribution in [2.24, 2.45) is 0 Å². The van der Waals surface area contributed by atoms with Crippen LogP contribution in [-0.4, -0.2) is 18.7 Å². The number of carbonyl (C=O) groups is 1. The van der Waals surface area contributed by atoms with Gasteiger partial charge in [0.1, 0.15) is 0 Å². The third-order valence-electron chi connectivity index (χ3n) is 3.35. The molecule has 3 nitrogen and oxygen atoms in total. The van der Waals surface area contributed by atoms with Gasteiger partial charge in [0.15, 0.2) is 0 Å². The molecule has 1 aliphatic heterocycles. The molecule has 1 amide bonds. The van der Waals surface area contributed by atoms with Crippen molar-refractivity contribution >= 4 is 24.2 Å². The molecule has 1 aromatic rings. The van der Waals surface area contributed by atoms with E-state index in [1.165, 1.54) is 0 Å². The van der Waals surface area contributed by atoms with Gasteiger partial charge in [0.25, 0.3) is 12.6 Å². The van der Waals surface area contributed by atoms with Crippen molar-refractivity contribution in [2.45, 2.75) is 31.5 Å². The fraction of sp³-hybridized carbons (Fsp3) is 0.385. The van der Waals surface area contributed by atoms with E-state index in [4.69, 9.17) is 16.9 Å². The summed E-state index contributed by atoms with van der Waals surface area (Å²) in [6.07, 6.45) is 3.53. The van der Waals surface area contributed by atoms with E-state index in [1.54, 1.807) is 24.3 Å². The number of nitrogens with one attached hydrogen (secondary N) is 1. The third kappa shape index (κ3) is 3.27. The van der Waals surface area contributed by atoms with Crippen LogP contribution in [0.1, 0.15) is 23.2 Å². The second kappa shape index (κ2) is 5.93. The smallest absolute Gasteiger partial charge is 0.268 e. The Hall–Kier alpha value is -1.47. The summed E-state index contributed by atoms with van der Waals surface area (Å²) in [5.74, 6) is 2.23. The topological polar surface area (TPSA) is 52.9 Å². The van der Waals surface area contributed by atoms with Gasteiger partial charge in [0, 0.05) is 22.6 Å². The zero-order valence-electron chi connectivity index (χ0n) is 10.0. The zero-order chi connectivity index (χ0) is 13.0. The molecule has 1 saturated heterocycles. The lowest BCUT2D eigenvalue weighted by Crippen LogP contribution is -2.38. The lowest BCUT2D eigenvalue weighted by atomic mass is 9.42. The molecule has 1 aromatic carbocycles. The van der Waals surface area contributed by atoms with Crippen molar-refractivity contribution in [3.05, 3.63) is 34.9 Å². The summed E-state index contributed by atoms with van der Waals surface area (Å²) in [5.41, 5.74) is 0.627. The standard InChI is InChI=1S/C13H14BClN2O/c15-11-3-1-10(2-4-11)13(18)17-12-5-7-14(9-16)8-6-12/h1-4,12H,5-8H2,(H,17,18). The summed E-state index contributed by atoms with van der Waals surface area (Å²) >= 11 is 5.78. The quantitative estimate of drug-likeness (QED) is 0.831. The summed E-state index contributed by atoms with van der Waals surface area (Å²) in [5, 5.41) is 12.4. The van der Waals surface area contributed by atoms with Gasteiger partial charge in [-0.05, 0) is 37.1 Å². The SMILES string of the molecule is N#CB1CCC(NC(=O)c2ccc(Cl)cc2)CC1. The number of nitriles is 1.